The molecule has 0 spiro atoms. The topological polar surface area (TPSA) is 9.23 Å². The van der Waals surface area contributed by atoms with Crippen LogP contribution in [-0.2, 0) is 4.74 Å². The summed E-state index contributed by atoms with van der Waals surface area (Å²) in [5.41, 5.74) is 0. The maximum Gasteiger partial charge on any atom is 0.122 e. The van der Waals surface area contributed by atoms with E-state index >= 15 is 0 Å². The lowest BCUT2D eigenvalue weighted by Crippen LogP contribution is -1.55. The first-order chi connectivity index (χ1) is 2.91. The minimum Gasteiger partial charge on any atom is -0.471 e. The Hall–Kier alpha value is -0.790. The van der Waals surface area contributed by atoms with Crippen LogP contribution in [0, 0.1) is 0 Å². The second-order valence-corrected chi connectivity index (χ2v) is 0.565. The minimum absolute atomic E-state index is 0.293. The Balaban J connectivity index is 2.85. The molecule has 0 unspecified atom stereocenters. The Morgan fingerprint density at radius 3 is 2.50 bits per heavy atom. The highest BCUT2D eigenvalue weighted by Crippen LogP contribution is 1.74. The normalized spacial score (nSPS) is 8.83. The number of rotatable bonds is 2. The largest absolute Gasteiger partial charge is 0.471 e. The van der Waals surface area contributed by atoms with Gasteiger partial charge in [-0.2, -0.15) is 0 Å². The summed E-state index contributed by atoms with van der Waals surface area (Å²) >= 11 is 0. The first-order valence-electron chi connectivity index (χ1n) is 1.43. The molecular formula is C4H5FO. The van der Waals surface area contributed by atoms with Gasteiger partial charge in [0.05, 0.1) is 6.26 Å². The molecule has 6 heavy (non-hydrogen) atoms. The van der Waals surface area contributed by atoms with E-state index in [1.807, 2.05) is 0 Å². The zero-order valence-corrected chi connectivity index (χ0v) is 3.23. The number of hydrogen-bond donors (Lipinski definition) is 0. The van der Waals surface area contributed by atoms with Gasteiger partial charge in [0.25, 0.3) is 0 Å². The molecule has 0 amide bonds. The van der Waals surface area contributed by atoms with E-state index in [0.717, 1.165) is 12.5 Å². The smallest absolute Gasteiger partial charge is 0.122 e. The van der Waals surface area contributed by atoms with Gasteiger partial charge in [0, 0.05) is 0 Å². The average Bonchev–Trinajstić information content (AvgIpc) is 1.61. The van der Waals surface area contributed by atoms with Gasteiger partial charge < -0.3 is 4.74 Å². The molecule has 0 aliphatic carbocycles. The van der Waals surface area contributed by atoms with E-state index in [-0.39, 0.29) is 0 Å². The van der Waals surface area contributed by atoms with Gasteiger partial charge in [0.2, 0.25) is 0 Å². The summed E-state index contributed by atoms with van der Waals surface area (Å²) in [5, 5.41) is 0. The summed E-state index contributed by atoms with van der Waals surface area (Å²) < 4.78 is 15.0. The quantitative estimate of drug-likeness (QED) is 0.466. The van der Waals surface area contributed by atoms with E-state index in [1.54, 1.807) is 0 Å². The van der Waals surface area contributed by atoms with Crippen LogP contribution in [0.3, 0.4) is 0 Å². The van der Waals surface area contributed by atoms with Crippen molar-refractivity contribution in [2.45, 2.75) is 0 Å². The van der Waals surface area contributed by atoms with Crippen LogP contribution < -0.4 is 0 Å². The van der Waals surface area contributed by atoms with Gasteiger partial charge in [-0.05, 0) is 0 Å². The van der Waals surface area contributed by atoms with Crippen LogP contribution in [0.1, 0.15) is 0 Å². The Morgan fingerprint density at radius 1 is 1.67 bits per heavy atom. The molecule has 2 heteroatoms. The van der Waals surface area contributed by atoms with Crippen LogP contribution in [0.5, 0.6) is 0 Å². The molecular weight excluding hydrogens is 83.0 g/mol. The van der Waals surface area contributed by atoms with Gasteiger partial charge >= 0.3 is 0 Å². The maximum absolute atomic E-state index is 10.8. The highest BCUT2D eigenvalue weighted by atomic mass is 19.1. The lowest BCUT2D eigenvalue weighted by atomic mass is 11.0. The highest BCUT2D eigenvalue weighted by molar-refractivity contribution is 4.62. The van der Waals surface area contributed by atoms with Gasteiger partial charge in [-0.1, -0.05) is 6.58 Å². The summed E-state index contributed by atoms with van der Waals surface area (Å²) in [6.45, 7) is 3.16. The van der Waals surface area contributed by atoms with Crippen molar-refractivity contribution in [1.29, 1.82) is 0 Å². The summed E-state index contributed by atoms with van der Waals surface area (Å²) in [6, 6.07) is 0. The van der Waals surface area contributed by atoms with Crippen molar-refractivity contribution in [3.05, 3.63) is 25.4 Å². The van der Waals surface area contributed by atoms with Crippen LogP contribution in [0.4, 0.5) is 4.39 Å². The second-order valence-electron chi connectivity index (χ2n) is 0.565. The molecule has 0 aromatic carbocycles. The van der Waals surface area contributed by atoms with Crippen molar-refractivity contribution >= 4 is 0 Å². The van der Waals surface area contributed by atoms with Crippen LogP contribution in [-0.4, -0.2) is 0 Å². The van der Waals surface area contributed by atoms with E-state index in [2.05, 4.69) is 11.3 Å². The Kier molecular flexibility index (Phi) is 3.66. The molecule has 0 atom stereocenters. The molecule has 34 valence electrons. The summed E-state index contributed by atoms with van der Waals surface area (Å²) in [6.07, 6.45) is 2.32. The number of hydrogen-bond acceptors (Lipinski definition) is 1. The van der Waals surface area contributed by atoms with Crippen molar-refractivity contribution in [2.24, 2.45) is 0 Å². The van der Waals surface area contributed by atoms with E-state index in [9.17, 15) is 4.39 Å². The number of halogens is 1. The summed E-state index contributed by atoms with van der Waals surface area (Å²) in [7, 11) is 0. The molecule has 0 saturated carbocycles. The molecule has 0 heterocycles. The van der Waals surface area contributed by atoms with Gasteiger partial charge in [0.1, 0.15) is 12.6 Å². The van der Waals surface area contributed by atoms with E-state index in [4.69, 9.17) is 0 Å². The minimum atomic E-state index is 0.293. The first-order valence-corrected chi connectivity index (χ1v) is 1.43. The zero-order valence-electron chi connectivity index (χ0n) is 3.23. The van der Waals surface area contributed by atoms with Crippen molar-refractivity contribution in [3.8, 4) is 0 Å². The third-order valence-corrected chi connectivity index (χ3v) is 0.226. The standard InChI is InChI=1S/C4H5FO/c1-2-6-4-3-5/h2-4H,1H2. The van der Waals surface area contributed by atoms with Crippen molar-refractivity contribution < 1.29 is 9.13 Å². The molecule has 0 radical (unpaired) electrons. The fraction of sp³-hybridized carbons (Fsp3) is 0. The lowest BCUT2D eigenvalue weighted by Gasteiger charge is -1.78. The van der Waals surface area contributed by atoms with Crippen LogP contribution in [0.15, 0.2) is 25.4 Å². The van der Waals surface area contributed by atoms with Gasteiger partial charge in [-0.15, -0.1) is 0 Å². The maximum atomic E-state index is 10.8. The molecule has 0 aliphatic rings. The average molecular weight is 88.1 g/mol. The van der Waals surface area contributed by atoms with E-state index < -0.39 is 0 Å². The lowest BCUT2D eigenvalue weighted by molar-refractivity contribution is 0.394. The molecule has 0 aromatic heterocycles. The van der Waals surface area contributed by atoms with Crippen LogP contribution in [0.25, 0.3) is 0 Å². The van der Waals surface area contributed by atoms with Crippen LogP contribution in [0.2, 0.25) is 0 Å². The van der Waals surface area contributed by atoms with Gasteiger partial charge in [-0.25, -0.2) is 4.39 Å². The molecule has 0 aliphatic heterocycles. The molecule has 0 aromatic rings. The highest BCUT2D eigenvalue weighted by Gasteiger charge is 1.56. The van der Waals surface area contributed by atoms with Gasteiger partial charge in [-0.3, -0.25) is 0 Å². The first kappa shape index (κ1) is 5.21. The molecule has 0 saturated heterocycles. The predicted molar refractivity (Wildman–Crippen MR) is 21.5 cm³/mol. The van der Waals surface area contributed by atoms with Gasteiger partial charge in [0.15, 0.2) is 0 Å². The molecule has 0 N–H and O–H groups in total. The summed E-state index contributed by atoms with van der Waals surface area (Å²) in [5.74, 6) is 0. The van der Waals surface area contributed by atoms with Crippen molar-refractivity contribution in [2.75, 3.05) is 0 Å². The molecule has 1 nitrogen and oxygen atoms in total. The SMILES string of the molecule is C=COC=CF. The molecule has 0 rings (SSSR count). The summed E-state index contributed by atoms with van der Waals surface area (Å²) in [4.78, 5) is 0. The van der Waals surface area contributed by atoms with Crippen molar-refractivity contribution in [1.82, 2.24) is 0 Å². The third kappa shape index (κ3) is 3.21. The predicted octanol–water partition coefficient (Wildman–Crippen LogP) is 1.59. The fourth-order valence-corrected chi connectivity index (χ4v) is 0.0853. The monoisotopic (exact) mass is 88.0 g/mol. The Bertz CT molecular complexity index is 58.6. The fourth-order valence-electron chi connectivity index (χ4n) is 0.0853. The van der Waals surface area contributed by atoms with Crippen LogP contribution >= 0.6 is 0 Å². The zero-order chi connectivity index (χ0) is 4.83. The van der Waals surface area contributed by atoms with Crippen molar-refractivity contribution in [3.63, 3.8) is 0 Å². The Morgan fingerprint density at radius 2 is 2.33 bits per heavy atom. The second kappa shape index (κ2) is 4.21. The van der Waals surface area contributed by atoms with E-state index in [0.29, 0.717) is 6.33 Å². The number of ether oxygens (including phenoxy) is 1. The molecule has 0 bridgehead atoms. The Labute approximate surface area is 35.7 Å². The van der Waals surface area contributed by atoms with E-state index in [1.165, 1.54) is 0 Å². The molecule has 0 fully saturated rings. The third-order valence-electron chi connectivity index (χ3n) is 0.226.